The van der Waals surface area contributed by atoms with Gasteiger partial charge in [-0.25, -0.2) is 0 Å². The molecule has 0 aromatic heterocycles. The first-order valence-electron chi connectivity index (χ1n) is 5.62. The molecule has 0 amide bonds. The Morgan fingerprint density at radius 1 is 1.13 bits per heavy atom. The lowest BCUT2D eigenvalue weighted by Crippen LogP contribution is -2.02. The molecule has 84 valence electrons. The minimum atomic E-state index is 0.398. The molecule has 2 nitrogen and oxygen atoms in total. The van der Waals surface area contributed by atoms with Crippen LogP contribution in [0.25, 0.3) is 0 Å². The van der Waals surface area contributed by atoms with Gasteiger partial charge in [-0.2, -0.15) is 0 Å². The molecule has 0 unspecified atom stereocenters. The van der Waals surface area contributed by atoms with Crippen LogP contribution in [0.1, 0.15) is 37.5 Å². The van der Waals surface area contributed by atoms with Crippen LogP contribution in [0.15, 0.2) is 6.07 Å². The topological polar surface area (TPSA) is 29.5 Å². The fraction of sp³-hybridized carbons (Fsp3) is 0.538. The van der Waals surface area contributed by atoms with Gasteiger partial charge in [0.25, 0.3) is 0 Å². The molecule has 2 heteroatoms. The molecule has 1 N–H and O–H groups in total. The van der Waals surface area contributed by atoms with E-state index in [0.717, 1.165) is 35.3 Å². The molecule has 0 saturated heterocycles. The summed E-state index contributed by atoms with van der Waals surface area (Å²) in [5.41, 5.74) is 3.19. The van der Waals surface area contributed by atoms with E-state index in [-0.39, 0.29) is 0 Å². The second-order valence-corrected chi connectivity index (χ2v) is 3.64. The number of ether oxygens (including phenoxy) is 1. The third-order valence-electron chi connectivity index (χ3n) is 2.65. The summed E-state index contributed by atoms with van der Waals surface area (Å²) in [6.45, 7) is 8.78. The van der Waals surface area contributed by atoms with Crippen LogP contribution in [0.3, 0.4) is 0 Å². The van der Waals surface area contributed by atoms with Crippen LogP contribution in [0.4, 0.5) is 0 Å². The number of phenols is 1. The first-order chi connectivity index (χ1) is 7.15. The maximum atomic E-state index is 9.84. The van der Waals surface area contributed by atoms with Gasteiger partial charge >= 0.3 is 0 Å². The van der Waals surface area contributed by atoms with Gasteiger partial charge in [0, 0.05) is 11.1 Å². The average Bonchev–Trinajstić information content (AvgIpc) is 2.21. The molecule has 0 bridgehead atoms. The van der Waals surface area contributed by atoms with E-state index < -0.39 is 0 Å². The Bertz CT molecular complexity index is 343. The monoisotopic (exact) mass is 208 g/mol. The minimum Gasteiger partial charge on any atom is -0.508 e. The molecule has 0 radical (unpaired) electrons. The Balaban J connectivity index is 3.35. The van der Waals surface area contributed by atoms with Gasteiger partial charge in [-0.15, -0.1) is 0 Å². The fourth-order valence-corrected chi connectivity index (χ4v) is 2.00. The van der Waals surface area contributed by atoms with Crippen molar-refractivity contribution in [1.29, 1.82) is 0 Å². The Labute approximate surface area is 91.9 Å². The predicted molar refractivity (Wildman–Crippen MR) is 62.8 cm³/mol. The Kier molecular flexibility index (Phi) is 4.01. The highest BCUT2D eigenvalue weighted by atomic mass is 16.5. The summed E-state index contributed by atoms with van der Waals surface area (Å²) >= 11 is 0. The van der Waals surface area contributed by atoms with E-state index in [9.17, 15) is 5.11 Å². The molecular formula is C13H20O2. The van der Waals surface area contributed by atoms with Crippen LogP contribution in [0.5, 0.6) is 11.5 Å². The predicted octanol–water partition coefficient (Wildman–Crippen LogP) is 3.22. The molecule has 0 aliphatic carbocycles. The molecule has 1 rings (SSSR count). The van der Waals surface area contributed by atoms with Gasteiger partial charge in [-0.3, -0.25) is 0 Å². The summed E-state index contributed by atoms with van der Waals surface area (Å²) in [4.78, 5) is 0. The zero-order chi connectivity index (χ0) is 11.4. The van der Waals surface area contributed by atoms with Crippen LogP contribution in [-0.2, 0) is 12.8 Å². The Hall–Kier alpha value is -1.18. The molecule has 0 saturated carbocycles. The standard InChI is InChI=1S/C13H20O2/c1-5-10-11(6-2)13(15-7-3)9(4)8-12(10)14/h8,14H,5-7H2,1-4H3. The lowest BCUT2D eigenvalue weighted by Gasteiger charge is -2.17. The van der Waals surface area contributed by atoms with Crippen molar-refractivity contribution in [2.75, 3.05) is 6.61 Å². The molecule has 0 fully saturated rings. The first-order valence-corrected chi connectivity index (χ1v) is 5.62. The quantitative estimate of drug-likeness (QED) is 0.823. The maximum absolute atomic E-state index is 9.84. The molecule has 0 aliphatic rings. The number of benzene rings is 1. The second kappa shape index (κ2) is 5.06. The van der Waals surface area contributed by atoms with Crippen molar-refractivity contribution >= 4 is 0 Å². The summed E-state index contributed by atoms with van der Waals surface area (Å²) in [6, 6.07) is 1.79. The van der Waals surface area contributed by atoms with Gasteiger partial charge in [0.1, 0.15) is 11.5 Å². The van der Waals surface area contributed by atoms with Crippen LogP contribution in [0, 0.1) is 6.92 Å². The average molecular weight is 208 g/mol. The van der Waals surface area contributed by atoms with E-state index in [2.05, 4.69) is 13.8 Å². The Morgan fingerprint density at radius 3 is 2.20 bits per heavy atom. The van der Waals surface area contributed by atoms with Gasteiger partial charge < -0.3 is 9.84 Å². The molecule has 0 spiro atoms. The van der Waals surface area contributed by atoms with Gasteiger partial charge in [0.2, 0.25) is 0 Å². The van der Waals surface area contributed by atoms with Crippen molar-refractivity contribution in [3.05, 3.63) is 22.8 Å². The van der Waals surface area contributed by atoms with Crippen molar-refractivity contribution in [3.63, 3.8) is 0 Å². The third-order valence-corrected chi connectivity index (χ3v) is 2.65. The van der Waals surface area contributed by atoms with E-state index >= 15 is 0 Å². The van der Waals surface area contributed by atoms with Crippen molar-refractivity contribution in [2.45, 2.75) is 40.5 Å². The number of hydrogen-bond donors (Lipinski definition) is 1. The maximum Gasteiger partial charge on any atom is 0.125 e. The first kappa shape index (κ1) is 11.9. The van der Waals surface area contributed by atoms with Crippen LogP contribution >= 0.6 is 0 Å². The fourth-order valence-electron chi connectivity index (χ4n) is 2.00. The molecule has 1 aromatic carbocycles. The molecule has 0 aliphatic heterocycles. The van der Waals surface area contributed by atoms with Crippen LogP contribution in [-0.4, -0.2) is 11.7 Å². The normalized spacial score (nSPS) is 10.4. The molecule has 0 atom stereocenters. The molecule has 15 heavy (non-hydrogen) atoms. The number of aryl methyl sites for hydroxylation is 1. The molecule has 0 heterocycles. The summed E-state index contributed by atoms with van der Waals surface area (Å²) < 4.78 is 5.65. The summed E-state index contributed by atoms with van der Waals surface area (Å²) in [5, 5.41) is 9.84. The van der Waals surface area contributed by atoms with Crippen LogP contribution in [0.2, 0.25) is 0 Å². The van der Waals surface area contributed by atoms with Crippen molar-refractivity contribution in [3.8, 4) is 11.5 Å². The molecule has 1 aromatic rings. The lowest BCUT2D eigenvalue weighted by atomic mass is 9.97. The van der Waals surface area contributed by atoms with Crippen molar-refractivity contribution in [2.24, 2.45) is 0 Å². The highest BCUT2D eigenvalue weighted by Crippen LogP contribution is 2.34. The summed E-state index contributed by atoms with van der Waals surface area (Å²) in [5.74, 6) is 1.35. The summed E-state index contributed by atoms with van der Waals surface area (Å²) in [7, 11) is 0. The number of rotatable bonds is 4. The van der Waals surface area contributed by atoms with E-state index in [1.165, 1.54) is 0 Å². The van der Waals surface area contributed by atoms with Gasteiger partial charge in [0.15, 0.2) is 0 Å². The largest absolute Gasteiger partial charge is 0.508 e. The van der Waals surface area contributed by atoms with Crippen LogP contribution < -0.4 is 4.74 Å². The zero-order valence-electron chi connectivity index (χ0n) is 10.1. The highest BCUT2D eigenvalue weighted by Gasteiger charge is 2.14. The van der Waals surface area contributed by atoms with Crippen molar-refractivity contribution in [1.82, 2.24) is 0 Å². The van der Waals surface area contributed by atoms with Gasteiger partial charge in [0.05, 0.1) is 6.61 Å². The van der Waals surface area contributed by atoms with Gasteiger partial charge in [-0.05, 0) is 38.3 Å². The number of hydrogen-bond acceptors (Lipinski definition) is 2. The second-order valence-electron chi connectivity index (χ2n) is 3.64. The summed E-state index contributed by atoms with van der Waals surface area (Å²) in [6.07, 6.45) is 1.74. The van der Waals surface area contributed by atoms with E-state index in [0.29, 0.717) is 12.4 Å². The Morgan fingerprint density at radius 2 is 1.73 bits per heavy atom. The SMILES string of the molecule is CCOc1c(C)cc(O)c(CC)c1CC. The number of phenolic OH excluding ortho intramolecular Hbond substituents is 1. The van der Waals surface area contributed by atoms with E-state index in [1.807, 2.05) is 13.8 Å². The van der Waals surface area contributed by atoms with Crippen molar-refractivity contribution < 1.29 is 9.84 Å². The lowest BCUT2D eigenvalue weighted by molar-refractivity contribution is 0.332. The van der Waals surface area contributed by atoms with E-state index in [4.69, 9.17) is 4.74 Å². The van der Waals surface area contributed by atoms with E-state index in [1.54, 1.807) is 6.07 Å². The highest BCUT2D eigenvalue weighted by molar-refractivity contribution is 5.52. The zero-order valence-corrected chi connectivity index (χ0v) is 10.1. The third kappa shape index (κ3) is 2.25. The molecular weight excluding hydrogens is 188 g/mol. The smallest absolute Gasteiger partial charge is 0.125 e. The minimum absolute atomic E-state index is 0.398. The number of aromatic hydroxyl groups is 1. The van der Waals surface area contributed by atoms with Gasteiger partial charge in [-0.1, -0.05) is 13.8 Å².